The number of anilines is 1. The molecule has 3 aromatic rings. The van der Waals surface area contributed by atoms with Gasteiger partial charge in [-0.15, -0.1) is 0 Å². The van der Waals surface area contributed by atoms with Gasteiger partial charge in [0.15, 0.2) is 23.0 Å². The van der Waals surface area contributed by atoms with E-state index in [1.807, 2.05) is 44.2 Å². The lowest BCUT2D eigenvalue weighted by molar-refractivity contribution is -0.0298. The quantitative estimate of drug-likeness (QED) is 0.228. The number of methoxy groups -OCH3 is 1. The van der Waals surface area contributed by atoms with E-state index in [1.165, 1.54) is 25.5 Å². The van der Waals surface area contributed by atoms with E-state index in [9.17, 15) is 18.7 Å². The first-order valence-electron chi connectivity index (χ1n) is 13.3. The summed E-state index contributed by atoms with van der Waals surface area (Å²) in [6, 6.07) is 19.1. The summed E-state index contributed by atoms with van der Waals surface area (Å²) >= 11 is -2.72. The predicted octanol–water partition coefficient (Wildman–Crippen LogP) is 4.60. The van der Waals surface area contributed by atoms with Crippen LogP contribution in [0, 0.1) is 5.92 Å². The van der Waals surface area contributed by atoms with Crippen molar-refractivity contribution in [2.75, 3.05) is 31.2 Å². The van der Waals surface area contributed by atoms with Crippen LogP contribution in [0.25, 0.3) is 0 Å². The van der Waals surface area contributed by atoms with Crippen molar-refractivity contribution >= 4 is 22.9 Å². The van der Waals surface area contributed by atoms with Crippen LogP contribution in [-0.4, -0.2) is 52.9 Å². The molecule has 0 fully saturated rings. The van der Waals surface area contributed by atoms with Crippen LogP contribution in [0.4, 0.5) is 5.69 Å². The highest BCUT2D eigenvalue weighted by atomic mass is 32.2. The van der Waals surface area contributed by atoms with Crippen LogP contribution in [0.2, 0.25) is 0 Å². The number of hydrogen-bond donors (Lipinski definition) is 3. The number of carbonyl (C=O) groups excluding carboxylic acids is 1. The first kappa shape index (κ1) is 30.7. The predicted molar refractivity (Wildman–Crippen MR) is 157 cm³/mol. The van der Waals surface area contributed by atoms with Crippen molar-refractivity contribution in [1.29, 1.82) is 0 Å². The third-order valence-electron chi connectivity index (χ3n) is 5.99. The van der Waals surface area contributed by atoms with E-state index < -0.39 is 23.5 Å². The van der Waals surface area contributed by atoms with Crippen molar-refractivity contribution < 1.29 is 42.3 Å². The van der Waals surface area contributed by atoms with Crippen molar-refractivity contribution in [3.05, 3.63) is 90.0 Å². The molecule has 1 heterocycles. The second-order valence-corrected chi connectivity index (χ2v) is 10.4. The van der Waals surface area contributed by atoms with Gasteiger partial charge in [-0.2, -0.15) is 4.31 Å². The monoisotopic (exact) mass is 598 g/mol. The number of benzene rings is 3. The minimum atomic E-state index is -2.72. The van der Waals surface area contributed by atoms with Crippen molar-refractivity contribution in [3.8, 4) is 23.0 Å². The number of nitrogens with one attached hydrogen (secondary N) is 1. The Kier molecular flexibility index (Phi) is 10.7. The second-order valence-electron chi connectivity index (χ2n) is 9.61. The highest BCUT2D eigenvalue weighted by molar-refractivity contribution is 7.81. The van der Waals surface area contributed by atoms with Crippen LogP contribution >= 0.6 is 0 Å². The van der Waals surface area contributed by atoms with E-state index in [0.717, 1.165) is 9.87 Å². The van der Waals surface area contributed by atoms with Crippen LogP contribution in [0.15, 0.2) is 78.9 Å². The van der Waals surface area contributed by atoms with Crippen molar-refractivity contribution in [2.24, 2.45) is 5.92 Å². The highest BCUT2D eigenvalue weighted by Gasteiger charge is 2.33. The molecule has 4 rings (SSSR count). The fourth-order valence-corrected chi connectivity index (χ4v) is 4.59. The summed E-state index contributed by atoms with van der Waals surface area (Å²) in [4.78, 5) is 13.2. The number of aliphatic hydroxyl groups excluding tert-OH is 1. The lowest BCUT2D eigenvalue weighted by Gasteiger charge is -2.25. The molecular formula is C30H34N2O9S. The van der Waals surface area contributed by atoms with E-state index in [4.69, 9.17) is 23.7 Å². The van der Waals surface area contributed by atoms with E-state index >= 15 is 0 Å². The minimum absolute atomic E-state index is 0.0215. The first-order valence-corrected chi connectivity index (χ1v) is 14.3. The molecule has 2 unspecified atom stereocenters. The molecule has 12 heteroatoms. The Morgan fingerprint density at radius 3 is 2.45 bits per heavy atom. The Labute approximate surface area is 247 Å². The van der Waals surface area contributed by atoms with Gasteiger partial charge in [0.1, 0.15) is 18.6 Å². The summed E-state index contributed by atoms with van der Waals surface area (Å²) in [5.74, 6) is 0.332. The van der Waals surface area contributed by atoms with Gasteiger partial charge in [0.05, 0.1) is 13.7 Å². The van der Waals surface area contributed by atoms with Gasteiger partial charge in [0.2, 0.25) is 12.2 Å². The number of ether oxygens (including phenoxy) is 5. The molecule has 0 spiro atoms. The third kappa shape index (κ3) is 7.72. The molecule has 3 aromatic carbocycles. The number of rotatable bonds is 14. The Balaban J connectivity index is 1.79. The summed E-state index contributed by atoms with van der Waals surface area (Å²) in [5, 5.41) is 12.3. The topological polar surface area (TPSA) is 136 Å². The van der Waals surface area contributed by atoms with Crippen molar-refractivity contribution in [2.45, 2.75) is 26.6 Å². The molecule has 0 saturated carbocycles. The van der Waals surface area contributed by atoms with Gasteiger partial charge in [0.25, 0.3) is 17.2 Å². The van der Waals surface area contributed by atoms with Crippen LogP contribution in [-0.2, 0) is 27.2 Å². The summed E-state index contributed by atoms with van der Waals surface area (Å²) < 4.78 is 53.4. The fraction of sp³-hybridized carbons (Fsp3) is 0.300. The first-order chi connectivity index (χ1) is 20.3. The maximum atomic E-state index is 13.2. The van der Waals surface area contributed by atoms with Crippen LogP contribution in [0.3, 0.4) is 0 Å². The fourth-order valence-electron chi connectivity index (χ4n) is 4.04. The van der Waals surface area contributed by atoms with E-state index in [-0.39, 0.29) is 53.5 Å². The highest BCUT2D eigenvalue weighted by Crippen LogP contribution is 2.46. The Morgan fingerprint density at radius 1 is 1.07 bits per heavy atom. The molecule has 0 bridgehead atoms. The molecule has 1 aliphatic heterocycles. The number of amides is 1. The minimum Gasteiger partial charge on any atom is -0.493 e. The molecule has 11 nitrogen and oxygen atoms in total. The lowest BCUT2D eigenvalue weighted by atomic mass is 10.1. The van der Waals surface area contributed by atoms with Gasteiger partial charge in [0, 0.05) is 18.5 Å². The van der Waals surface area contributed by atoms with Gasteiger partial charge < -0.3 is 34.1 Å². The second kappa shape index (κ2) is 14.6. The van der Waals surface area contributed by atoms with Crippen LogP contribution < -0.4 is 23.8 Å². The Hall–Kier alpha value is -4.26. The van der Waals surface area contributed by atoms with E-state index in [1.54, 1.807) is 24.3 Å². The van der Waals surface area contributed by atoms with Crippen molar-refractivity contribution in [1.82, 2.24) is 5.32 Å². The zero-order valence-corrected chi connectivity index (χ0v) is 24.3. The molecule has 2 atom stereocenters. The molecule has 0 aliphatic carbocycles. The molecule has 1 amide bonds. The van der Waals surface area contributed by atoms with Crippen molar-refractivity contribution in [3.63, 3.8) is 0 Å². The Bertz CT molecular complexity index is 1420. The molecule has 0 saturated heterocycles. The van der Waals surface area contributed by atoms with E-state index in [2.05, 4.69) is 5.32 Å². The number of nitrogens with zero attached hydrogens (tertiary/aromatic N) is 1. The molecule has 3 N–H and O–H groups in total. The molecule has 42 heavy (non-hydrogen) atoms. The molecule has 1 aliphatic rings. The summed E-state index contributed by atoms with van der Waals surface area (Å²) in [6.07, 6.45) is 0.837. The lowest BCUT2D eigenvalue weighted by Crippen LogP contribution is -2.29. The molecular weight excluding hydrogens is 564 g/mol. The zero-order chi connectivity index (χ0) is 30.1. The van der Waals surface area contributed by atoms with Gasteiger partial charge in [-0.3, -0.25) is 9.35 Å². The SMILES string of the molecule is COc1ccccc1Oc1c(OCCO)cc(C(=O)NCC(C)C)cc1N(C1=COC(Cc2ccccc2)O1)S(=O)O. The van der Waals surface area contributed by atoms with E-state index in [0.29, 0.717) is 18.7 Å². The normalized spacial score (nSPS) is 14.8. The van der Waals surface area contributed by atoms with Gasteiger partial charge in [-0.05, 0) is 35.7 Å². The molecule has 224 valence electrons. The maximum Gasteiger partial charge on any atom is 0.269 e. The largest absolute Gasteiger partial charge is 0.493 e. The smallest absolute Gasteiger partial charge is 0.269 e. The summed E-state index contributed by atoms with van der Waals surface area (Å²) in [7, 11) is 1.48. The molecule has 0 radical (unpaired) electrons. The van der Waals surface area contributed by atoms with Crippen LogP contribution in [0.1, 0.15) is 29.8 Å². The Morgan fingerprint density at radius 2 is 1.79 bits per heavy atom. The van der Waals surface area contributed by atoms with Gasteiger partial charge in [-0.1, -0.05) is 56.3 Å². The zero-order valence-electron chi connectivity index (χ0n) is 23.5. The average Bonchev–Trinajstić information content (AvgIpc) is 3.43. The van der Waals surface area contributed by atoms with Gasteiger partial charge in [-0.25, -0.2) is 4.21 Å². The number of aliphatic hydroxyl groups is 1. The third-order valence-corrected chi connectivity index (χ3v) is 6.68. The average molecular weight is 599 g/mol. The summed E-state index contributed by atoms with van der Waals surface area (Å²) in [6.45, 7) is 3.85. The number of hydrogen-bond acceptors (Lipinski definition) is 8. The molecule has 0 aromatic heterocycles. The maximum absolute atomic E-state index is 13.2. The summed E-state index contributed by atoms with van der Waals surface area (Å²) in [5.41, 5.74) is 1.04. The number of para-hydroxylation sites is 2. The standard InChI is InChI=1S/C30H34N2O9S/c1-20(2)18-31-30(34)22-16-23(29(26(17-22)38-14-13-33)40-25-12-8-7-11-24(25)37-3)32(42(35)36)27-19-39-28(41-27)15-21-9-5-4-6-10-21/h4-12,16-17,19-20,28,33H,13-15,18H2,1-3H3,(H,31,34)(H,35,36). The number of carbonyl (C=O) groups is 1. The van der Waals surface area contributed by atoms with Gasteiger partial charge >= 0.3 is 0 Å². The van der Waals surface area contributed by atoms with Crippen LogP contribution in [0.5, 0.6) is 23.0 Å².